The molecule has 3 heteroatoms. The normalized spacial score (nSPS) is 27.1. The summed E-state index contributed by atoms with van der Waals surface area (Å²) in [6.07, 6.45) is 4.06. The van der Waals surface area contributed by atoms with Gasteiger partial charge in [-0.15, -0.1) is 0 Å². The van der Waals surface area contributed by atoms with Gasteiger partial charge in [0.15, 0.2) is 0 Å². The highest BCUT2D eigenvalue weighted by molar-refractivity contribution is 5.73. The van der Waals surface area contributed by atoms with Crippen LogP contribution in [-0.2, 0) is 4.79 Å². The van der Waals surface area contributed by atoms with Crippen molar-refractivity contribution in [2.24, 2.45) is 0 Å². The second-order valence-corrected chi connectivity index (χ2v) is 3.84. The molecule has 1 saturated heterocycles. The van der Waals surface area contributed by atoms with Crippen molar-refractivity contribution in [3.8, 4) is 0 Å². The Bertz CT molecular complexity index is 182. The monoisotopic (exact) mass is 185 g/mol. The first-order valence-electron chi connectivity index (χ1n) is 5.15. The summed E-state index contributed by atoms with van der Waals surface area (Å²) >= 11 is 0. The van der Waals surface area contributed by atoms with Gasteiger partial charge in [0.25, 0.3) is 0 Å². The van der Waals surface area contributed by atoms with Gasteiger partial charge >= 0.3 is 5.97 Å². The third kappa shape index (κ3) is 2.44. The Labute approximate surface area is 79.7 Å². The molecule has 1 fully saturated rings. The fourth-order valence-electron chi connectivity index (χ4n) is 1.98. The first-order chi connectivity index (χ1) is 6.16. The minimum absolute atomic E-state index is 0.233. The standard InChI is InChI=1S/C10H19NO2/c1-3-8(2)11-7-5-4-6-9(11)10(12)13/h8-9H,3-7H2,1-2H3,(H,12,13)/t8?,9-/m1/s1. The maximum Gasteiger partial charge on any atom is 0.320 e. The third-order valence-electron chi connectivity index (χ3n) is 2.99. The van der Waals surface area contributed by atoms with E-state index in [4.69, 9.17) is 5.11 Å². The van der Waals surface area contributed by atoms with Gasteiger partial charge in [0.1, 0.15) is 6.04 Å². The summed E-state index contributed by atoms with van der Waals surface area (Å²) in [6, 6.07) is 0.171. The van der Waals surface area contributed by atoms with E-state index in [1.807, 2.05) is 0 Å². The second kappa shape index (κ2) is 4.61. The number of carboxylic acids is 1. The first-order valence-corrected chi connectivity index (χ1v) is 5.15. The van der Waals surface area contributed by atoms with Gasteiger partial charge < -0.3 is 5.11 Å². The van der Waals surface area contributed by atoms with E-state index in [0.717, 1.165) is 32.2 Å². The van der Waals surface area contributed by atoms with Crippen LogP contribution in [0.5, 0.6) is 0 Å². The first kappa shape index (κ1) is 10.5. The molecule has 1 aliphatic rings. The average molecular weight is 185 g/mol. The van der Waals surface area contributed by atoms with Crippen molar-refractivity contribution in [2.45, 2.75) is 51.6 Å². The van der Waals surface area contributed by atoms with Crippen LogP contribution in [0, 0.1) is 0 Å². The predicted molar refractivity (Wildman–Crippen MR) is 51.7 cm³/mol. The van der Waals surface area contributed by atoms with E-state index in [1.165, 1.54) is 0 Å². The SMILES string of the molecule is CCC(C)N1CCCC[C@@H]1C(=O)O. The molecule has 0 aromatic heterocycles. The lowest BCUT2D eigenvalue weighted by Crippen LogP contribution is -2.48. The molecule has 0 spiro atoms. The minimum Gasteiger partial charge on any atom is -0.480 e. The highest BCUT2D eigenvalue weighted by Gasteiger charge is 2.30. The topological polar surface area (TPSA) is 40.5 Å². The van der Waals surface area contributed by atoms with E-state index in [2.05, 4.69) is 18.7 Å². The summed E-state index contributed by atoms with van der Waals surface area (Å²) in [5, 5.41) is 9.01. The molecular formula is C10H19NO2. The van der Waals surface area contributed by atoms with Gasteiger partial charge in [-0.3, -0.25) is 9.69 Å². The lowest BCUT2D eigenvalue weighted by atomic mass is 9.99. The average Bonchev–Trinajstić information content (AvgIpc) is 2.16. The molecule has 0 aliphatic carbocycles. The molecule has 0 amide bonds. The zero-order valence-corrected chi connectivity index (χ0v) is 8.49. The van der Waals surface area contributed by atoms with Gasteiger partial charge in [0, 0.05) is 6.04 Å². The minimum atomic E-state index is -0.653. The molecule has 76 valence electrons. The van der Waals surface area contributed by atoms with E-state index >= 15 is 0 Å². The summed E-state index contributed by atoms with van der Waals surface area (Å²) in [7, 11) is 0. The van der Waals surface area contributed by atoms with Crippen LogP contribution in [0.2, 0.25) is 0 Å². The summed E-state index contributed by atoms with van der Waals surface area (Å²) in [5.41, 5.74) is 0. The Morgan fingerprint density at radius 3 is 2.85 bits per heavy atom. The number of nitrogens with zero attached hydrogens (tertiary/aromatic N) is 1. The van der Waals surface area contributed by atoms with Gasteiger partial charge in [0.2, 0.25) is 0 Å². The van der Waals surface area contributed by atoms with Gasteiger partial charge in [-0.05, 0) is 32.7 Å². The molecular weight excluding hydrogens is 166 g/mol. The molecule has 1 heterocycles. The number of carbonyl (C=O) groups is 1. The Kier molecular flexibility index (Phi) is 3.72. The summed E-state index contributed by atoms with van der Waals surface area (Å²) in [4.78, 5) is 13.1. The van der Waals surface area contributed by atoms with E-state index in [0.29, 0.717) is 6.04 Å². The van der Waals surface area contributed by atoms with Crippen LogP contribution in [0.25, 0.3) is 0 Å². The van der Waals surface area contributed by atoms with Crippen molar-refractivity contribution >= 4 is 5.97 Å². The van der Waals surface area contributed by atoms with E-state index in [1.54, 1.807) is 0 Å². The molecule has 3 nitrogen and oxygen atoms in total. The Morgan fingerprint density at radius 2 is 2.31 bits per heavy atom. The van der Waals surface area contributed by atoms with Crippen molar-refractivity contribution in [3.63, 3.8) is 0 Å². The lowest BCUT2D eigenvalue weighted by molar-refractivity contribution is -0.145. The Hall–Kier alpha value is -0.570. The largest absolute Gasteiger partial charge is 0.480 e. The zero-order valence-electron chi connectivity index (χ0n) is 8.49. The fourth-order valence-corrected chi connectivity index (χ4v) is 1.98. The quantitative estimate of drug-likeness (QED) is 0.728. The van der Waals surface area contributed by atoms with Crippen LogP contribution in [0.3, 0.4) is 0 Å². The maximum atomic E-state index is 10.9. The van der Waals surface area contributed by atoms with Crippen molar-refractivity contribution < 1.29 is 9.90 Å². The Balaban J connectivity index is 2.61. The lowest BCUT2D eigenvalue weighted by Gasteiger charge is -2.37. The second-order valence-electron chi connectivity index (χ2n) is 3.84. The number of aliphatic carboxylic acids is 1. The summed E-state index contributed by atoms with van der Waals surface area (Å²) < 4.78 is 0. The van der Waals surface area contributed by atoms with Crippen molar-refractivity contribution in [1.82, 2.24) is 4.90 Å². The van der Waals surface area contributed by atoms with Gasteiger partial charge in [-0.2, -0.15) is 0 Å². The van der Waals surface area contributed by atoms with Crippen LogP contribution in [0.15, 0.2) is 0 Å². The third-order valence-corrected chi connectivity index (χ3v) is 2.99. The van der Waals surface area contributed by atoms with Crippen molar-refractivity contribution in [2.75, 3.05) is 6.54 Å². The molecule has 1 unspecified atom stereocenters. The number of likely N-dealkylation sites (tertiary alicyclic amines) is 1. The van der Waals surface area contributed by atoms with E-state index in [9.17, 15) is 4.79 Å². The molecule has 0 bridgehead atoms. The molecule has 1 N–H and O–H groups in total. The van der Waals surface area contributed by atoms with Gasteiger partial charge in [-0.25, -0.2) is 0 Å². The number of rotatable bonds is 3. The number of hydrogen-bond donors (Lipinski definition) is 1. The van der Waals surface area contributed by atoms with Crippen molar-refractivity contribution in [3.05, 3.63) is 0 Å². The highest BCUT2D eigenvalue weighted by Crippen LogP contribution is 2.20. The van der Waals surface area contributed by atoms with E-state index in [-0.39, 0.29) is 6.04 Å². The van der Waals surface area contributed by atoms with Crippen molar-refractivity contribution in [1.29, 1.82) is 0 Å². The molecule has 13 heavy (non-hydrogen) atoms. The number of piperidine rings is 1. The number of carboxylic acid groups (broad SMARTS) is 1. The fraction of sp³-hybridized carbons (Fsp3) is 0.900. The van der Waals surface area contributed by atoms with Crippen LogP contribution in [0.1, 0.15) is 39.5 Å². The predicted octanol–water partition coefficient (Wildman–Crippen LogP) is 1.72. The molecule has 1 aliphatic heterocycles. The maximum absolute atomic E-state index is 10.9. The number of hydrogen-bond acceptors (Lipinski definition) is 2. The van der Waals surface area contributed by atoms with Crippen LogP contribution < -0.4 is 0 Å². The molecule has 2 atom stereocenters. The Morgan fingerprint density at radius 1 is 1.62 bits per heavy atom. The highest BCUT2D eigenvalue weighted by atomic mass is 16.4. The molecule has 0 saturated carbocycles. The van der Waals surface area contributed by atoms with Crippen LogP contribution in [-0.4, -0.2) is 34.6 Å². The van der Waals surface area contributed by atoms with Crippen LogP contribution in [0.4, 0.5) is 0 Å². The summed E-state index contributed by atoms with van der Waals surface area (Å²) in [5.74, 6) is -0.653. The molecule has 0 radical (unpaired) electrons. The van der Waals surface area contributed by atoms with E-state index < -0.39 is 5.97 Å². The van der Waals surface area contributed by atoms with Gasteiger partial charge in [0.05, 0.1) is 0 Å². The van der Waals surface area contributed by atoms with Crippen LogP contribution >= 0.6 is 0 Å². The summed E-state index contributed by atoms with van der Waals surface area (Å²) in [6.45, 7) is 5.17. The molecule has 0 aromatic rings. The smallest absolute Gasteiger partial charge is 0.320 e. The molecule has 1 rings (SSSR count). The zero-order chi connectivity index (χ0) is 9.84. The van der Waals surface area contributed by atoms with Gasteiger partial charge in [-0.1, -0.05) is 13.3 Å². The molecule has 0 aromatic carbocycles.